The van der Waals surface area contributed by atoms with Crippen molar-refractivity contribution in [2.45, 2.75) is 30.6 Å². The van der Waals surface area contributed by atoms with E-state index in [0.717, 1.165) is 18.5 Å². The number of nitrogens with zero attached hydrogens (tertiary/aromatic N) is 1. The standard InChI is InChI=1S/C20H24N4O5S/c25-20(23-22-17-4-2-1-3-5-17)16-8-6-15(7-9-16)14-21-30(28,29)19-12-10-18(11-13-19)24(26)27/h1-5,10-13,15-16,21-22H,6-9,14H2,(H,23,25). The minimum Gasteiger partial charge on any atom is -0.299 e. The maximum atomic E-state index is 12.4. The molecule has 1 aliphatic carbocycles. The number of anilines is 1. The summed E-state index contributed by atoms with van der Waals surface area (Å²) >= 11 is 0. The zero-order valence-corrected chi connectivity index (χ0v) is 17.1. The lowest BCUT2D eigenvalue weighted by atomic mass is 9.82. The van der Waals surface area contributed by atoms with E-state index in [1.54, 1.807) is 0 Å². The summed E-state index contributed by atoms with van der Waals surface area (Å²) in [6, 6.07) is 14.1. The van der Waals surface area contributed by atoms with Gasteiger partial charge in [-0.1, -0.05) is 18.2 Å². The first-order valence-electron chi connectivity index (χ1n) is 9.70. The van der Waals surface area contributed by atoms with Gasteiger partial charge in [-0.05, 0) is 55.9 Å². The number of hydrazine groups is 1. The Hall–Kier alpha value is -2.98. The van der Waals surface area contributed by atoms with E-state index in [1.165, 1.54) is 24.3 Å². The fourth-order valence-corrected chi connectivity index (χ4v) is 4.56. The van der Waals surface area contributed by atoms with E-state index in [4.69, 9.17) is 0 Å². The van der Waals surface area contributed by atoms with Gasteiger partial charge in [0.15, 0.2) is 0 Å². The highest BCUT2D eigenvalue weighted by molar-refractivity contribution is 7.89. The summed E-state index contributed by atoms with van der Waals surface area (Å²) in [5.74, 6) is -0.0311. The van der Waals surface area contributed by atoms with Crippen molar-refractivity contribution in [2.24, 2.45) is 11.8 Å². The molecule has 9 nitrogen and oxygen atoms in total. The third kappa shape index (κ3) is 5.77. The fraction of sp³-hybridized carbons (Fsp3) is 0.350. The molecule has 0 unspecified atom stereocenters. The Balaban J connectivity index is 1.44. The molecule has 1 fully saturated rings. The first-order valence-corrected chi connectivity index (χ1v) is 11.2. The van der Waals surface area contributed by atoms with Crippen molar-refractivity contribution in [3.05, 3.63) is 64.7 Å². The Morgan fingerprint density at radius 2 is 1.63 bits per heavy atom. The predicted octanol–water partition coefficient (Wildman–Crippen LogP) is 2.82. The average Bonchev–Trinajstić information content (AvgIpc) is 2.77. The number of nitro benzene ring substituents is 1. The number of sulfonamides is 1. The topological polar surface area (TPSA) is 130 Å². The van der Waals surface area contributed by atoms with E-state index < -0.39 is 14.9 Å². The first-order chi connectivity index (χ1) is 14.3. The molecule has 0 bridgehead atoms. The van der Waals surface area contributed by atoms with Gasteiger partial charge in [0.25, 0.3) is 5.69 Å². The van der Waals surface area contributed by atoms with Gasteiger partial charge < -0.3 is 0 Å². The van der Waals surface area contributed by atoms with Crippen LogP contribution in [0.1, 0.15) is 25.7 Å². The molecule has 0 atom stereocenters. The molecule has 2 aromatic rings. The van der Waals surface area contributed by atoms with Crippen molar-refractivity contribution < 1.29 is 18.1 Å². The summed E-state index contributed by atoms with van der Waals surface area (Å²) < 4.78 is 27.4. The maximum Gasteiger partial charge on any atom is 0.269 e. The first kappa shape index (κ1) is 21.7. The fourth-order valence-electron chi connectivity index (χ4n) is 3.44. The lowest BCUT2D eigenvalue weighted by molar-refractivity contribution is -0.384. The number of non-ortho nitro benzene ring substituents is 1. The maximum absolute atomic E-state index is 12.4. The second kappa shape index (κ2) is 9.68. The van der Waals surface area contributed by atoms with Gasteiger partial charge in [-0.2, -0.15) is 0 Å². The Labute approximate surface area is 175 Å². The second-order valence-electron chi connectivity index (χ2n) is 7.30. The van der Waals surface area contributed by atoms with Crippen LogP contribution < -0.4 is 15.6 Å². The number of nitro groups is 1. The number of hydrogen-bond donors (Lipinski definition) is 3. The third-order valence-electron chi connectivity index (χ3n) is 5.24. The number of hydrogen-bond acceptors (Lipinski definition) is 6. The van der Waals surface area contributed by atoms with E-state index in [2.05, 4.69) is 15.6 Å². The Morgan fingerprint density at radius 3 is 2.23 bits per heavy atom. The summed E-state index contributed by atoms with van der Waals surface area (Å²) in [7, 11) is -3.73. The SMILES string of the molecule is O=C(NNc1ccccc1)C1CCC(CNS(=O)(=O)c2ccc([N+](=O)[O-])cc2)CC1. The summed E-state index contributed by atoms with van der Waals surface area (Å²) in [5.41, 5.74) is 6.26. The molecule has 0 saturated heterocycles. The van der Waals surface area contributed by atoms with Crippen LogP contribution in [0.5, 0.6) is 0 Å². The van der Waals surface area contributed by atoms with Crippen molar-refractivity contribution in [3.8, 4) is 0 Å². The van der Waals surface area contributed by atoms with Gasteiger partial charge in [-0.15, -0.1) is 0 Å². The molecule has 1 amide bonds. The highest BCUT2D eigenvalue weighted by Crippen LogP contribution is 2.29. The Bertz CT molecular complexity index is 972. The summed E-state index contributed by atoms with van der Waals surface area (Å²) in [5, 5.41) is 10.7. The van der Waals surface area contributed by atoms with Crippen LogP contribution in [0.3, 0.4) is 0 Å². The molecule has 0 radical (unpaired) electrons. The molecule has 1 saturated carbocycles. The van der Waals surface area contributed by atoms with Crippen molar-refractivity contribution in [2.75, 3.05) is 12.0 Å². The van der Waals surface area contributed by atoms with E-state index >= 15 is 0 Å². The monoisotopic (exact) mass is 432 g/mol. The summed E-state index contributed by atoms with van der Waals surface area (Å²) in [6.07, 6.45) is 2.86. The predicted molar refractivity (Wildman–Crippen MR) is 112 cm³/mol. The molecule has 30 heavy (non-hydrogen) atoms. The second-order valence-corrected chi connectivity index (χ2v) is 9.07. The van der Waals surface area contributed by atoms with Crippen molar-refractivity contribution in [3.63, 3.8) is 0 Å². The van der Waals surface area contributed by atoms with E-state index in [9.17, 15) is 23.3 Å². The average molecular weight is 433 g/mol. The van der Waals surface area contributed by atoms with Gasteiger partial charge >= 0.3 is 0 Å². The quantitative estimate of drug-likeness (QED) is 0.434. The van der Waals surface area contributed by atoms with Crippen LogP contribution in [0.25, 0.3) is 0 Å². The van der Waals surface area contributed by atoms with Crippen LogP contribution in [0.4, 0.5) is 11.4 Å². The molecular formula is C20H24N4O5S. The molecule has 0 aliphatic heterocycles. The van der Waals surface area contributed by atoms with Gasteiger partial charge in [0.05, 0.1) is 15.5 Å². The van der Waals surface area contributed by atoms with Gasteiger partial charge in [0.2, 0.25) is 15.9 Å². The largest absolute Gasteiger partial charge is 0.299 e. The smallest absolute Gasteiger partial charge is 0.269 e. The number of amides is 1. The molecule has 0 heterocycles. The normalized spacial score (nSPS) is 19.1. The molecule has 0 aromatic heterocycles. The molecule has 3 N–H and O–H groups in total. The lowest BCUT2D eigenvalue weighted by Gasteiger charge is -2.28. The summed E-state index contributed by atoms with van der Waals surface area (Å²) in [4.78, 5) is 22.4. The molecule has 160 valence electrons. The van der Waals surface area contributed by atoms with Crippen LogP contribution in [-0.2, 0) is 14.8 Å². The Morgan fingerprint density at radius 1 is 1.00 bits per heavy atom. The molecule has 10 heteroatoms. The molecule has 1 aliphatic rings. The molecule has 2 aromatic carbocycles. The van der Waals surface area contributed by atoms with Crippen LogP contribution in [-0.4, -0.2) is 25.8 Å². The molecular weight excluding hydrogens is 408 g/mol. The molecule has 0 spiro atoms. The van der Waals surface area contributed by atoms with Crippen molar-refractivity contribution in [1.82, 2.24) is 10.1 Å². The van der Waals surface area contributed by atoms with Crippen LogP contribution >= 0.6 is 0 Å². The van der Waals surface area contributed by atoms with Gasteiger partial charge in [0, 0.05) is 24.6 Å². The zero-order chi connectivity index (χ0) is 21.6. The zero-order valence-electron chi connectivity index (χ0n) is 16.3. The van der Waals surface area contributed by atoms with Crippen molar-refractivity contribution >= 4 is 27.3 Å². The lowest BCUT2D eigenvalue weighted by Crippen LogP contribution is -2.38. The van der Waals surface area contributed by atoms with E-state index in [0.29, 0.717) is 12.8 Å². The van der Waals surface area contributed by atoms with Crippen molar-refractivity contribution in [1.29, 1.82) is 0 Å². The number of carbonyl (C=O) groups is 1. The summed E-state index contributed by atoms with van der Waals surface area (Å²) in [6.45, 7) is 0.274. The van der Waals surface area contributed by atoms with Gasteiger partial charge in [0.1, 0.15) is 0 Å². The number of para-hydroxylation sites is 1. The van der Waals surface area contributed by atoms with Crippen LogP contribution in [0.15, 0.2) is 59.5 Å². The van der Waals surface area contributed by atoms with Gasteiger partial charge in [-0.3, -0.25) is 25.8 Å². The number of nitrogens with one attached hydrogen (secondary N) is 3. The minimum atomic E-state index is -3.73. The van der Waals surface area contributed by atoms with E-state index in [1.807, 2.05) is 30.3 Å². The number of benzene rings is 2. The molecule has 3 rings (SSSR count). The van der Waals surface area contributed by atoms with Gasteiger partial charge in [-0.25, -0.2) is 13.1 Å². The number of rotatable bonds is 8. The van der Waals surface area contributed by atoms with Crippen LogP contribution in [0.2, 0.25) is 0 Å². The third-order valence-corrected chi connectivity index (χ3v) is 6.68. The highest BCUT2D eigenvalue weighted by atomic mass is 32.2. The minimum absolute atomic E-state index is 0.00634. The highest BCUT2D eigenvalue weighted by Gasteiger charge is 2.27. The number of carbonyl (C=O) groups excluding carboxylic acids is 1. The Kier molecular flexibility index (Phi) is 7.01. The van der Waals surface area contributed by atoms with Crippen LogP contribution in [0, 0.1) is 22.0 Å². The van der Waals surface area contributed by atoms with E-state index in [-0.39, 0.29) is 34.9 Å².